The van der Waals surface area contributed by atoms with Crippen molar-refractivity contribution in [3.8, 4) is 0 Å². The van der Waals surface area contributed by atoms with E-state index in [4.69, 9.17) is 5.73 Å². The van der Waals surface area contributed by atoms with Crippen LogP contribution in [0.15, 0.2) is 12.1 Å². The number of amides is 1. The quantitative estimate of drug-likeness (QED) is 0.375. The van der Waals surface area contributed by atoms with Crippen LogP contribution in [-0.4, -0.2) is 46.6 Å². The summed E-state index contributed by atoms with van der Waals surface area (Å²) >= 11 is 0. The van der Waals surface area contributed by atoms with E-state index < -0.39 is 25.4 Å². The zero-order valence-electron chi connectivity index (χ0n) is 10.3. The Labute approximate surface area is 110 Å². The maximum absolute atomic E-state index is 11.3. The molecule has 2 rings (SSSR count). The molecule has 0 aliphatic carbocycles. The smallest absolute Gasteiger partial charge is 0.228 e. The summed E-state index contributed by atoms with van der Waals surface area (Å²) in [4.78, 5) is 11.3. The van der Waals surface area contributed by atoms with Gasteiger partial charge >= 0.3 is 0 Å². The van der Waals surface area contributed by atoms with Crippen LogP contribution in [0.3, 0.4) is 0 Å². The van der Waals surface area contributed by atoms with E-state index in [1.165, 1.54) is 0 Å². The number of benzene rings is 1. The number of nitrogen functional groups attached to an aromatic ring is 1. The highest BCUT2D eigenvalue weighted by molar-refractivity contribution is 6.00. The van der Waals surface area contributed by atoms with Gasteiger partial charge in [0.05, 0.1) is 37.6 Å². The molecule has 0 saturated heterocycles. The first-order valence-electron chi connectivity index (χ1n) is 5.86. The average molecular weight is 267 g/mol. The Morgan fingerprint density at radius 3 is 2.47 bits per heavy atom. The van der Waals surface area contributed by atoms with Crippen LogP contribution in [0, 0.1) is 0 Å². The number of carbonyl (C=O) groups is 1. The topological polar surface area (TPSA) is 128 Å². The summed E-state index contributed by atoms with van der Waals surface area (Å²) in [6, 6.07) is 3.29. The molecule has 0 spiro atoms. The minimum absolute atomic E-state index is 0.107. The van der Waals surface area contributed by atoms with Gasteiger partial charge in [-0.3, -0.25) is 4.79 Å². The molecule has 0 saturated carbocycles. The van der Waals surface area contributed by atoms with Crippen molar-refractivity contribution >= 4 is 23.0 Å². The fourth-order valence-corrected chi connectivity index (χ4v) is 1.96. The fraction of sp³-hybridized carbons (Fsp3) is 0.417. The van der Waals surface area contributed by atoms with Crippen LogP contribution in [0.1, 0.15) is 5.56 Å². The Balaban J connectivity index is 2.31. The van der Waals surface area contributed by atoms with Gasteiger partial charge in [0.15, 0.2) is 0 Å². The molecular weight excluding hydrogens is 250 g/mol. The highest BCUT2D eigenvalue weighted by Crippen LogP contribution is 2.32. The van der Waals surface area contributed by atoms with E-state index in [9.17, 15) is 20.1 Å². The van der Waals surface area contributed by atoms with Crippen LogP contribution in [-0.2, 0) is 11.2 Å². The van der Waals surface area contributed by atoms with E-state index >= 15 is 0 Å². The number of rotatable bonds is 5. The molecule has 0 fully saturated rings. The molecule has 7 nitrogen and oxygen atoms in total. The Hall–Kier alpha value is -1.83. The van der Waals surface area contributed by atoms with Crippen molar-refractivity contribution in [2.75, 3.05) is 36.2 Å². The van der Waals surface area contributed by atoms with Gasteiger partial charge in [-0.2, -0.15) is 0 Å². The Morgan fingerprint density at radius 2 is 1.89 bits per heavy atom. The van der Waals surface area contributed by atoms with Crippen LogP contribution in [0.2, 0.25) is 0 Å². The van der Waals surface area contributed by atoms with E-state index in [0.717, 1.165) is 5.56 Å². The van der Waals surface area contributed by atoms with E-state index in [-0.39, 0.29) is 12.3 Å². The summed E-state index contributed by atoms with van der Waals surface area (Å²) in [5.41, 5.74) is 6.88. The summed E-state index contributed by atoms with van der Waals surface area (Å²) < 4.78 is 0. The first-order valence-corrected chi connectivity index (χ1v) is 5.86. The number of aliphatic hydroxyl groups excluding tert-OH is 3. The van der Waals surface area contributed by atoms with Gasteiger partial charge in [-0.15, -0.1) is 0 Å². The lowest BCUT2D eigenvalue weighted by Gasteiger charge is -2.30. The molecular formula is C12H17N3O4. The molecule has 0 aromatic heterocycles. The summed E-state index contributed by atoms with van der Waals surface area (Å²) in [7, 11) is 0. The third-order valence-corrected chi connectivity index (χ3v) is 3.21. The molecule has 1 aromatic carbocycles. The monoisotopic (exact) mass is 267 g/mol. The third kappa shape index (κ3) is 2.48. The second-order valence-electron chi connectivity index (χ2n) is 4.70. The van der Waals surface area contributed by atoms with Crippen LogP contribution in [0.5, 0.6) is 0 Å². The van der Waals surface area contributed by atoms with E-state index in [2.05, 4.69) is 10.6 Å². The zero-order chi connectivity index (χ0) is 14.0. The Kier molecular flexibility index (Phi) is 3.61. The molecule has 1 heterocycles. The second-order valence-corrected chi connectivity index (χ2v) is 4.70. The minimum atomic E-state index is -1.26. The van der Waals surface area contributed by atoms with Crippen molar-refractivity contribution in [1.29, 1.82) is 0 Å². The molecule has 0 atom stereocenters. The van der Waals surface area contributed by atoms with Gasteiger partial charge < -0.3 is 31.7 Å². The molecule has 1 aliphatic rings. The summed E-state index contributed by atoms with van der Waals surface area (Å²) in [5.74, 6) is -0.107. The predicted molar refractivity (Wildman–Crippen MR) is 70.8 cm³/mol. The first-order chi connectivity index (χ1) is 9.03. The number of carbonyl (C=O) groups excluding carboxylic acids is 1. The fourth-order valence-electron chi connectivity index (χ4n) is 1.96. The van der Waals surface area contributed by atoms with Crippen molar-refractivity contribution < 1.29 is 20.1 Å². The molecule has 1 amide bonds. The number of nitrogens with two attached hydrogens (primary N) is 1. The lowest BCUT2D eigenvalue weighted by Crippen LogP contribution is -2.49. The summed E-state index contributed by atoms with van der Waals surface area (Å²) in [6.07, 6.45) is 0.283. The molecule has 0 radical (unpaired) electrons. The van der Waals surface area contributed by atoms with E-state index in [1.54, 1.807) is 12.1 Å². The SMILES string of the molecule is Nc1cc2c(cc1NC(CO)(CO)CO)NC(=O)C2. The van der Waals surface area contributed by atoms with Gasteiger partial charge in [0.2, 0.25) is 5.91 Å². The van der Waals surface area contributed by atoms with Crippen molar-refractivity contribution in [1.82, 2.24) is 0 Å². The lowest BCUT2D eigenvalue weighted by atomic mass is 10.0. The predicted octanol–water partition coefficient (Wildman–Crippen LogP) is -1.11. The van der Waals surface area contributed by atoms with E-state index in [1.807, 2.05) is 0 Å². The zero-order valence-corrected chi connectivity index (χ0v) is 10.3. The van der Waals surface area contributed by atoms with Crippen LogP contribution >= 0.6 is 0 Å². The number of hydrogen-bond donors (Lipinski definition) is 6. The van der Waals surface area contributed by atoms with Gasteiger partial charge in [0.25, 0.3) is 0 Å². The molecule has 104 valence electrons. The summed E-state index contributed by atoms with van der Waals surface area (Å²) in [6.45, 7) is -1.37. The number of aliphatic hydroxyl groups is 3. The minimum Gasteiger partial charge on any atom is -0.397 e. The lowest BCUT2D eigenvalue weighted by molar-refractivity contribution is -0.115. The van der Waals surface area contributed by atoms with Crippen LogP contribution in [0.4, 0.5) is 17.1 Å². The normalized spacial score (nSPS) is 14.2. The Morgan fingerprint density at radius 1 is 1.26 bits per heavy atom. The Bertz CT molecular complexity index is 492. The van der Waals surface area contributed by atoms with Gasteiger partial charge in [-0.1, -0.05) is 0 Å². The van der Waals surface area contributed by atoms with Gasteiger partial charge in [-0.25, -0.2) is 0 Å². The van der Waals surface area contributed by atoms with Crippen molar-refractivity contribution in [2.24, 2.45) is 0 Å². The number of nitrogens with one attached hydrogen (secondary N) is 2. The molecule has 0 unspecified atom stereocenters. The van der Waals surface area contributed by atoms with Crippen molar-refractivity contribution in [3.63, 3.8) is 0 Å². The van der Waals surface area contributed by atoms with Crippen molar-refractivity contribution in [2.45, 2.75) is 12.0 Å². The average Bonchev–Trinajstić information content (AvgIpc) is 2.75. The molecule has 19 heavy (non-hydrogen) atoms. The van der Waals surface area contributed by atoms with Crippen LogP contribution in [0.25, 0.3) is 0 Å². The third-order valence-electron chi connectivity index (χ3n) is 3.21. The highest BCUT2D eigenvalue weighted by atomic mass is 16.3. The number of fused-ring (bicyclic) bond motifs is 1. The summed E-state index contributed by atoms with van der Waals surface area (Å²) in [5, 5.41) is 33.3. The highest BCUT2D eigenvalue weighted by Gasteiger charge is 2.29. The van der Waals surface area contributed by atoms with Gasteiger partial charge in [-0.05, 0) is 17.7 Å². The molecule has 7 heteroatoms. The standard InChI is InChI=1S/C12H17N3O4/c13-8-1-7-2-11(19)14-9(7)3-10(8)15-12(4-16,5-17)6-18/h1,3,15-18H,2,4-6,13H2,(H,14,19). The van der Waals surface area contributed by atoms with Gasteiger partial charge in [0.1, 0.15) is 5.54 Å². The molecule has 1 aliphatic heterocycles. The molecule has 7 N–H and O–H groups in total. The van der Waals surface area contributed by atoms with E-state index in [0.29, 0.717) is 17.1 Å². The molecule has 0 bridgehead atoms. The largest absolute Gasteiger partial charge is 0.397 e. The number of anilines is 3. The molecule has 1 aromatic rings. The van der Waals surface area contributed by atoms with Gasteiger partial charge in [0, 0.05) is 5.69 Å². The van der Waals surface area contributed by atoms with Crippen LogP contribution < -0.4 is 16.4 Å². The second kappa shape index (κ2) is 5.04. The maximum Gasteiger partial charge on any atom is 0.228 e. The first kappa shape index (κ1) is 13.6. The maximum atomic E-state index is 11.3. The van der Waals surface area contributed by atoms with Crippen molar-refractivity contribution in [3.05, 3.63) is 17.7 Å². The number of hydrogen-bond acceptors (Lipinski definition) is 6.